The molecule has 0 aromatic rings. The third kappa shape index (κ3) is 2.47. The molecule has 0 aromatic heterocycles. The van der Waals surface area contributed by atoms with E-state index in [4.69, 9.17) is 0 Å². The fraction of sp³-hybridized carbons (Fsp3) is 0.923. The predicted molar refractivity (Wildman–Crippen MR) is 66.7 cm³/mol. The van der Waals surface area contributed by atoms with Crippen molar-refractivity contribution in [2.24, 2.45) is 5.92 Å². The number of rotatable bonds is 2. The Morgan fingerprint density at radius 3 is 3.00 bits per heavy atom. The van der Waals surface area contributed by atoms with Crippen molar-refractivity contribution in [3.63, 3.8) is 0 Å². The number of piperidine rings is 1. The molecule has 0 aromatic carbocycles. The summed E-state index contributed by atoms with van der Waals surface area (Å²) >= 11 is 0. The van der Waals surface area contributed by atoms with E-state index in [0.29, 0.717) is 6.04 Å². The molecule has 3 fully saturated rings. The van der Waals surface area contributed by atoms with Crippen molar-refractivity contribution in [2.45, 2.75) is 44.2 Å². The lowest BCUT2D eigenvalue weighted by Gasteiger charge is -2.35. The molecule has 0 aliphatic carbocycles. The zero-order valence-electron chi connectivity index (χ0n) is 10.5. The minimum Gasteiger partial charge on any atom is -0.353 e. The van der Waals surface area contributed by atoms with Gasteiger partial charge >= 0.3 is 0 Å². The van der Waals surface area contributed by atoms with Crippen molar-refractivity contribution in [1.82, 2.24) is 15.5 Å². The molecular formula is C13H23N3O. The molecular weight excluding hydrogens is 214 g/mol. The number of hydrogen-bond acceptors (Lipinski definition) is 3. The van der Waals surface area contributed by atoms with Crippen molar-refractivity contribution in [3.05, 3.63) is 0 Å². The Bertz CT molecular complexity index is 288. The van der Waals surface area contributed by atoms with Gasteiger partial charge in [0.2, 0.25) is 5.91 Å². The molecule has 17 heavy (non-hydrogen) atoms. The molecule has 4 heteroatoms. The minimum atomic E-state index is 0.219. The zero-order chi connectivity index (χ0) is 11.7. The van der Waals surface area contributed by atoms with E-state index in [9.17, 15) is 4.79 Å². The molecule has 3 unspecified atom stereocenters. The zero-order valence-corrected chi connectivity index (χ0v) is 10.5. The van der Waals surface area contributed by atoms with Crippen molar-refractivity contribution in [2.75, 3.05) is 26.2 Å². The molecule has 3 saturated heterocycles. The van der Waals surface area contributed by atoms with Gasteiger partial charge in [-0.3, -0.25) is 4.79 Å². The molecule has 1 amide bonds. The van der Waals surface area contributed by atoms with Gasteiger partial charge in [0.1, 0.15) is 0 Å². The summed E-state index contributed by atoms with van der Waals surface area (Å²) in [7, 11) is 0. The average Bonchev–Trinajstić information content (AvgIpc) is 2.99. The number of fused-ring (bicyclic) bond motifs is 1. The summed E-state index contributed by atoms with van der Waals surface area (Å²) in [5.74, 6) is 0.503. The van der Waals surface area contributed by atoms with Gasteiger partial charge < -0.3 is 15.5 Å². The largest absolute Gasteiger partial charge is 0.353 e. The van der Waals surface area contributed by atoms with Crippen molar-refractivity contribution >= 4 is 5.91 Å². The molecule has 3 aliphatic rings. The minimum absolute atomic E-state index is 0.219. The van der Waals surface area contributed by atoms with E-state index in [-0.39, 0.29) is 11.8 Å². The van der Waals surface area contributed by atoms with Crippen LogP contribution in [0.1, 0.15) is 32.1 Å². The van der Waals surface area contributed by atoms with Crippen LogP contribution in [0.15, 0.2) is 0 Å². The first-order valence-corrected chi connectivity index (χ1v) is 7.08. The Balaban J connectivity index is 1.50. The summed E-state index contributed by atoms with van der Waals surface area (Å²) < 4.78 is 0. The molecule has 0 spiro atoms. The topological polar surface area (TPSA) is 44.4 Å². The van der Waals surface area contributed by atoms with Crippen LogP contribution in [0.5, 0.6) is 0 Å². The predicted octanol–water partition coefficient (Wildman–Crippen LogP) is 0.339. The fourth-order valence-electron chi connectivity index (χ4n) is 3.55. The van der Waals surface area contributed by atoms with Gasteiger partial charge in [0.15, 0.2) is 0 Å². The summed E-state index contributed by atoms with van der Waals surface area (Å²) in [6, 6.07) is 1.18. The van der Waals surface area contributed by atoms with Crippen molar-refractivity contribution in [1.29, 1.82) is 0 Å². The normalized spacial score (nSPS) is 38.0. The Morgan fingerprint density at radius 1 is 1.24 bits per heavy atom. The van der Waals surface area contributed by atoms with Gasteiger partial charge in [-0.2, -0.15) is 0 Å². The molecule has 96 valence electrons. The first kappa shape index (κ1) is 11.5. The first-order chi connectivity index (χ1) is 8.33. The number of nitrogens with zero attached hydrogens (tertiary/aromatic N) is 1. The highest BCUT2D eigenvalue weighted by molar-refractivity contribution is 5.79. The quantitative estimate of drug-likeness (QED) is 0.728. The fourth-order valence-corrected chi connectivity index (χ4v) is 3.55. The molecule has 4 nitrogen and oxygen atoms in total. The number of amides is 1. The summed E-state index contributed by atoms with van der Waals surface area (Å²) in [5.41, 5.74) is 0. The van der Waals surface area contributed by atoms with Gasteiger partial charge in [0.05, 0.1) is 5.92 Å². The van der Waals surface area contributed by atoms with E-state index in [1.54, 1.807) is 0 Å². The molecule has 3 heterocycles. The van der Waals surface area contributed by atoms with Crippen LogP contribution in [0, 0.1) is 5.92 Å². The van der Waals surface area contributed by atoms with Gasteiger partial charge in [-0.05, 0) is 45.2 Å². The van der Waals surface area contributed by atoms with Crippen molar-refractivity contribution in [3.8, 4) is 0 Å². The Labute approximate surface area is 103 Å². The van der Waals surface area contributed by atoms with Gasteiger partial charge in [-0.25, -0.2) is 0 Å². The highest BCUT2D eigenvalue weighted by atomic mass is 16.2. The lowest BCUT2D eigenvalue weighted by Crippen LogP contribution is -2.48. The van der Waals surface area contributed by atoms with Crippen LogP contribution in [0.4, 0.5) is 0 Å². The maximum atomic E-state index is 12.0. The monoisotopic (exact) mass is 237 g/mol. The van der Waals surface area contributed by atoms with Crippen LogP contribution < -0.4 is 10.6 Å². The van der Waals surface area contributed by atoms with Crippen LogP contribution >= 0.6 is 0 Å². The second kappa shape index (κ2) is 4.94. The smallest absolute Gasteiger partial charge is 0.224 e. The van der Waals surface area contributed by atoms with Crippen LogP contribution in [0.2, 0.25) is 0 Å². The summed E-state index contributed by atoms with van der Waals surface area (Å²) in [5, 5.41) is 6.53. The van der Waals surface area contributed by atoms with E-state index < -0.39 is 0 Å². The molecule has 0 bridgehead atoms. The molecule has 0 saturated carbocycles. The van der Waals surface area contributed by atoms with E-state index >= 15 is 0 Å². The van der Waals surface area contributed by atoms with Crippen molar-refractivity contribution < 1.29 is 4.79 Å². The summed E-state index contributed by atoms with van der Waals surface area (Å²) in [4.78, 5) is 14.6. The first-order valence-electron chi connectivity index (χ1n) is 7.08. The number of carbonyl (C=O) groups excluding carboxylic acids is 1. The highest BCUT2D eigenvalue weighted by Crippen LogP contribution is 2.27. The number of hydrogen-bond donors (Lipinski definition) is 2. The van der Waals surface area contributed by atoms with Crippen LogP contribution in [-0.4, -0.2) is 49.1 Å². The second-order valence-corrected chi connectivity index (χ2v) is 5.75. The van der Waals surface area contributed by atoms with Gasteiger partial charge in [-0.1, -0.05) is 0 Å². The second-order valence-electron chi connectivity index (χ2n) is 5.75. The molecule has 0 radical (unpaired) electrons. The number of carbonyl (C=O) groups is 1. The maximum absolute atomic E-state index is 12.0. The highest BCUT2D eigenvalue weighted by Gasteiger charge is 2.33. The Hall–Kier alpha value is -0.610. The Kier molecular flexibility index (Phi) is 3.34. The average molecular weight is 237 g/mol. The maximum Gasteiger partial charge on any atom is 0.224 e. The van der Waals surface area contributed by atoms with E-state index in [1.807, 2.05) is 0 Å². The van der Waals surface area contributed by atoms with Gasteiger partial charge in [-0.15, -0.1) is 0 Å². The van der Waals surface area contributed by atoms with Crippen LogP contribution in [0.3, 0.4) is 0 Å². The number of nitrogens with one attached hydrogen (secondary N) is 2. The molecule has 2 N–H and O–H groups in total. The molecule has 3 aliphatic heterocycles. The third-order valence-corrected chi connectivity index (χ3v) is 4.60. The van der Waals surface area contributed by atoms with Gasteiger partial charge in [0.25, 0.3) is 0 Å². The van der Waals surface area contributed by atoms with Crippen LogP contribution in [-0.2, 0) is 4.79 Å². The SMILES string of the molecule is O=C(NC1CCN2CCCC2C1)C1CCNC1. The lowest BCUT2D eigenvalue weighted by atomic mass is 9.96. The standard InChI is InChI=1S/C13H23N3O/c17-13(10-3-5-14-9-10)15-11-4-7-16-6-1-2-12(16)8-11/h10-12,14H,1-9H2,(H,15,17). The summed E-state index contributed by atoms with van der Waals surface area (Å²) in [6.45, 7) is 4.32. The third-order valence-electron chi connectivity index (χ3n) is 4.60. The molecule has 3 rings (SSSR count). The lowest BCUT2D eigenvalue weighted by molar-refractivity contribution is -0.125. The Morgan fingerprint density at radius 2 is 2.18 bits per heavy atom. The van der Waals surface area contributed by atoms with Gasteiger partial charge in [0, 0.05) is 25.2 Å². The van der Waals surface area contributed by atoms with E-state index in [1.165, 1.54) is 32.4 Å². The van der Waals surface area contributed by atoms with E-state index in [2.05, 4.69) is 15.5 Å². The summed E-state index contributed by atoms with van der Waals surface area (Å²) in [6.07, 6.45) is 6.00. The van der Waals surface area contributed by atoms with Crippen LogP contribution in [0.25, 0.3) is 0 Å². The van der Waals surface area contributed by atoms with E-state index in [0.717, 1.165) is 32.0 Å². The molecule has 3 atom stereocenters.